The van der Waals surface area contributed by atoms with Crippen LogP contribution in [-0.2, 0) is 11.8 Å². The zero-order chi connectivity index (χ0) is 19.4. The van der Waals surface area contributed by atoms with Crippen molar-refractivity contribution in [3.63, 3.8) is 0 Å². The van der Waals surface area contributed by atoms with Crippen molar-refractivity contribution in [2.75, 3.05) is 11.9 Å². The van der Waals surface area contributed by atoms with Gasteiger partial charge in [0, 0.05) is 35.5 Å². The summed E-state index contributed by atoms with van der Waals surface area (Å²) in [7, 11) is 1.59. The standard InChI is InChI=1S/C19H15Cl2N3O3/c1-24-19(26)9-8-16(23-24)12-2-5-14(6-3-12)22-18(25)11-27-17-10-13(20)4-7-15(17)21/h2-10H,11H2,1H3,(H,22,25). The first-order chi connectivity index (χ1) is 12.9. The number of hydrogen-bond donors (Lipinski definition) is 1. The third-order valence-corrected chi connectivity index (χ3v) is 4.22. The Hall–Kier alpha value is -2.83. The lowest BCUT2D eigenvalue weighted by Crippen LogP contribution is -2.20. The molecule has 1 heterocycles. The van der Waals surface area contributed by atoms with Crippen LogP contribution in [0.4, 0.5) is 5.69 Å². The molecule has 3 aromatic rings. The Labute approximate surface area is 165 Å². The Balaban J connectivity index is 1.62. The third-order valence-electron chi connectivity index (χ3n) is 3.68. The van der Waals surface area contributed by atoms with Crippen molar-refractivity contribution in [1.29, 1.82) is 0 Å². The molecule has 0 bridgehead atoms. The van der Waals surface area contributed by atoms with Crippen molar-refractivity contribution < 1.29 is 9.53 Å². The van der Waals surface area contributed by atoms with Crippen LogP contribution in [0, 0.1) is 0 Å². The van der Waals surface area contributed by atoms with Crippen LogP contribution in [0.1, 0.15) is 0 Å². The second-order valence-corrected chi connectivity index (χ2v) is 6.51. The first-order valence-corrected chi connectivity index (χ1v) is 8.70. The van der Waals surface area contributed by atoms with E-state index in [-0.39, 0.29) is 18.1 Å². The highest BCUT2D eigenvalue weighted by Gasteiger charge is 2.08. The lowest BCUT2D eigenvalue weighted by molar-refractivity contribution is -0.118. The largest absolute Gasteiger partial charge is 0.482 e. The molecular weight excluding hydrogens is 389 g/mol. The molecule has 6 nitrogen and oxygen atoms in total. The van der Waals surface area contributed by atoms with Gasteiger partial charge in [0.05, 0.1) is 10.7 Å². The number of nitrogens with zero attached hydrogens (tertiary/aromatic N) is 2. The maximum Gasteiger partial charge on any atom is 0.266 e. The van der Waals surface area contributed by atoms with Gasteiger partial charge in [-0.1, -0.05) is 35.3 Å². The predicted molar refractivity (Wildman–Crippen MR) is 106 cm³/mol. The third kappa shape index (κ3) is 4.87. The molecule has 0 spiro atoms. The number of rotatable bonds is 5. The summed E-state index contributed by atoms with van der Waals surface area (Å²) in [4.78, 5) is 23.5. The minimum atomic E-state index is -0.334. The van der Waals surface area contributed by atoms with E-state index in [4.69, 9.17) is 27.9 Å². The highest BCUT2D eigenvalue weighted by Crippen LogP contribution is 2.27. The monoisotopic (exact) mass is 403 g/mol. The minimum Gasteiger partial charge on any atom is -0.482 e. The van der Waals surface area contributed by atoms with Gasteiger partial charge in [-0.25, -0.2) is 4.68 Å². The van der Waals surface area contributed by atoms with E-state index in [1.807, 2.05) is 0 Å². The number of hydrogen-bond acceptors (Lipinski definition) is 4. The molecule has 0 atom stereocenters. The first-order valence-electron chi connectivity index (χ1n) is 7.95. The molecule has 0 saturated carbocycles. The zero-order valence-corrected chi connectivity index (χ0v) is 15.8. The van der Waals surface area contributed by atoms with E-state index in [1.165, 1.54) is 10.7 Å². The fourth-order valence-corrected chi connectivity index (χ4v) is 2.64. The summed E-state index contributed by atoms with van der Waals surface area (Å²) >= 11 is 11.9. The van der Waals surface area contributed by atoms with Crippen LogP contribution in [0.25, 0.3) is 11.3 Å². The van der Waals surface area contributed by atoms with Gasteiger partial charge in [0.2, 0.25) is 0 Å². The lowest BCUT2D eigenvalue weighted by Gasteiger charge is -2.10. The van der Waals surface area contributed by atoms with Crippen LogP contribution in [0.3, 0.4) is 0 Å². The van der Waals surface area contributed by atoms with Crippen LogP contribution in [0.2, 0.25) is 10.0 Å². The summed E-state index contributed by atoms with van der Waals surface area (Å²) in [6.07, 6.45) is 0. The Morgan fingerprint density at radius 3 is 2.56 bits per heavy atom. The van der Waals surface area contributed by atoms with Gasteiger partial charge in [0.25, 0.3) is 11.5 Å². The van der Waals surface area contributed by atoms with E-state index in [9.17, 15) is 9.59 Å². The topological polar surface area (TPSA) is 73.2 Å². The van der Waals surface area contributed by atoms with E-state index in [1.54, 1.807) is 55.6 Å². The number of benzene rings is 2. The second-order valence-electron chi connectivity index (χ2n) is 5.67. The van der Waals surface area contributed by atoms with E-state index >= 15 is 0 Å². The Morgan fingerprint density at radius 1 is 1.11 bits per heavy atom. The molecule has 0 fully saturated rings. The van der Waals surface area contributed by atoms with Gasteiger partial charge in [-0.3, -0.25) is 9.59 Å². The molecule has 0 aliphatic heterocycles. The van der Waals surface area contributed by atoms with E-state index in [0.29, 0.717) is 27.2 Å². The molecule has 0 radical (unpaired) electrons. The molecule has 3 rings (SSSR count). The fourth-order valence-electron chi connectivity index (χ4n) is 2.31. The molecule has 0 aliphatic carbocycles. The number of halogens is 2. The summed E-state index contributed by atoms with van der Waals surface area (Å²) in [5, 5.41) is 7.76. The van der Waals surface area contributed by atoms with Gasteiger partial charge in [-0.15, -0.1) is 0 Å². The summed E-state index contributed by atoms with van der Waals surface area (Å²) in [5.74, 6) is 0.00875. The van der Waals surface area contributed by atoms with Gasteiger partial charge in [-0.2, -0.15) is 5.10 Å². The number of aryl methyl sites for hydroxylation is 1. The normalized spacial score (nSPS) is 10.5. The van der Waals surface area contributed by atoms with E-state index < -0.39 is 0 Å². The number of amides is 1. The molecule has 1 aromatic heterocycles. The summed E-state index contributed by atoms with van der Waals surface area (Å²) < 4.78 is 6.67. The van der Waals surface area contributed by atoms with Crippen molar-refractivity contribution in [1.82, 2.24) is 9.78 Å². The van der Waals surface area contributed by atoms with Gasteiger partial charge in [0.1, 0.15) is 5.75 Å². The van der Waals surface area contributed by atoms with Gasteiger partial charge >= 0.3 is 0 Å². The molecule has 2 aromatic carbocycles. The molecule has 8 heteroatoms. The number of carbonyl (C=O) groups excluding carboxylic acids is 1. The van der Waals surface area contributed by atoms with Crippen molar-refractivity contribution in [3.05, 3.63) is 75.0 Å². The SMILES string of the molecule is Cn1nc(-c2ccc(NC(=O)COc3cc(Cl)ccc3Cl)cc2)ccc1=O. The molecule has 138 valence electrons. The maximum atomic E-state index is 12.1. The van der Waals surface area contributed by atoms with Crippen LogP contribution >= 0.6 is 23.2 Å². The molecule has 0 aliphatic rings. The molecule has 0 saturated heterocycles. The minimum absolute atomic E-state index is 0.178. The van der Waals surface area contributed by atoms with Crippen LogP contribution in [0.5, 0.6) is 5.75 Å². The summed E-state index contributed by atoms with van der Waals surface area (Å²) in [6, 6.07) is 15.0. The highest BCUT2D eigenvalue weighted by molar-refractivity contribution is 6.34. The highest BCUT2D eigenvalue weighted by atomic mass is 35.5. The van der Waals surface area contributed by atoms with E-state index in [0.717, 1.165) is 5.56 Å². The Morgan fingerprint density at radius 2 is 1.85 bits per heavy atom. The van der Waals surface area contributed by atoms with Crippen molar-refractivity contribution in [2.24, 2.45) is 7.05 Å². The number of carbonyl (C=O) groups is 1. The Kier molecular flexibility index (Phi) is 5.78. The lowest BCUT2D eigenvalue weighted by atomic mass is 10.1. The Bertz CT molecular complexity index is 1030. The van der Waals surface area contributed by atoms with Crippen LogP contribution < -0.4 is 15.6 Å². The predicted octanol–water partition coefficient (Wildman–Crippen LogP) is 3.77. The summed E-state index contributed by atoms with van der Waals surface area (Å²) in [6.45, 7) is -0.204. The number of ether oxygens (including phenoxy) is 1. The quantitative estimate of drug-likeness (QED) is 0.703. The fraction of sp³-hybridized carbons (Fsp3) is 0.105. The van der Waals surface area contributed by atoms with Crippen molar-refractivity contribution in [2.45, 2.75) is 0 Å². The zero-order valence-electron chi connectivity index (χ0n) is 14.3. The number of nitrogens with one attached hydrogen (secondary N) is 1. The van der Waals surface area contributed by atoms with Crippen molar-refractivity contribution in [3.8, 4) is 17.0 Å². The second kappa shape index (κ2) is 8.24. The molecule has 27 heavy (non-hydrogen) atoms. The first kappa shape index (κ1) is 18.9. The van der Waals surface area contributed by atoms with Gasteiger partial charge < -0.3 is 10.1 Å². The van der Waals surface area contributed by atoms with E-state index in [2.05, 4.69) is 10.4 Å². The maximum absolute atomic E-state index is 12.1. The van der Waals surface area contributed by atoms with Crippen LogP contribution in [-0.4, -0.2) is 22.3 Å². The molecule has 1 amide bonds. The van der Waals surface area contributed by atoms with Gasteiger partial charge in [-0.05, 0) is 30.3 Å². The molecule has 0 unspecified atom stereocenters. The average molecular weight is 404 g/mol. The van der Waals surface area contributed by atoms with Crippen molar-refractivity contribution >= 4 is 34.8 Å². The molecule has 1 N–H and O–H groups in total. The molecular formula is C19H15Cl2N3O3. The summed E-state index contributed by atoms with van der Waals surface area (Å²) in [5.41, 5.74) is 1.91. The number of anilines is 1. The number of aromatic nitrogens is 2. The smallest absolute Gasteiger partial charge is 0.266 e. The van der Waals surface area contributed by atoms with Crippen LogP contribution in [0.15, 0.2) is 59.4 Å². The van der Waals surface area contributed by atoms with Gasteiger partial charge in [0.15, 0.2) is 6.61 Å². The average Bonchev–Trinajstić information content (AvgIpc) is 2.65.